The van der Waals surface area contributed by atoms with Gasteiger partial charge in [0.25, 0.3) is 5.91 Å². The predicted octanol–water partition coefficient (Wildman–Crippen LogP) is 3.80. The predicted molar refractivity (Wildman–Crippen MR) is 121 cm³/mol. The van der Waals surface area contributed by atoms with Crippen LogP contribution in [-0.2, 0) is 11.8 Å². The van der Waals surface area contributed by atoms with E-state index in [2.05, 4.69) is 0 Å². The molecule has 1 unspecified atom stereocenters. The Hall–Kier alpha value is -3.35. The third-order valence-corrected chi connectivity index (χ3v) is 6.47. The summed E-state index contributed by atoms with van der Waals surface area (Å²) in [7, 11) is 1.96. The van der Waals surface area contributed by atoms with E-state index in [9.17, 15) is 14.0 Å². The van der Waals surface area contributed by atoms with Crippen LogP contribution in [0.15, 0.2) is 48.5 Å². The molecule has 2 aromatic carbocycles. The zero-order chi connectivity index (χ0) is 22.9. The highest BCUT2D eigenvalue weighted by Gasteiger charge is 2.40. The van der Waals surface area contributed by atoms with E-state index in [1.165, 1.54) is 12.1 Å². The Morgan fingerprint density at radius 1 is 1.16 bits per heavy atom. The molecule has 4 rings (SSSR count). The number of hydrogen-bond acceptors (Lipinski definition) is 3. The van der Waals surface area contributed by atoms with Crippen molar-refractivity contribution in [2.24, 2.45) is 18.2 Å². The number of benzene rings is 2. The average Bonchev–Trinajstić information content (AvgIpc) is 3.03. The minimum atomic E-state index is -0.591. The smallest absolute Gasteiger partial charge is 0.256 e. The maximum Gasteiger partial charge on any atom is 0.256 e. The molecule has 1 atom stereocenters. The van der Waals surface area contributed by atoms with Gasteiger partial charge in [-0.2, -0.15) is 0 Å². The number of rotatable bonds is 6. The molecule has 2 heterocycles. The minimum absolute atomic E-state index is 0.0466. The van der Waals surface area contributed by atoms with E-state index in [1.807, 2.05) is 47.7 Å². The first kappa shape index (κ1) is 21.9. The van der Waals surface area contributed by atoms with Crippen molar-refractivity contribution in [2.45, 2.75) is 26.2 Å². The molecule has 1 aromatic heterocycles. The molecule has 0 saturated carbocycles. The Bertz CT molecular complexity index is 1160. The van der Waals surface area contributed by atoms with Gasteiger partial charge >= 0.3 is 0 Å². The number of ether oxygens (including phenoxy) is 1. The minimum Gasteiger partial charge on any atom is -0.493 e. The second-order valence-corrected chi connectivity index (χ2v) is 8.75. The van der Waals surface area contributed by atoms with E-state index in [1.54, 1.807) is 12.1 Å². The number of carbonyl (C=O) groups excluding carboxylic acids is 2. The molecule has 6 nitrogen and oxygen atoms in total. The number of carbonyl (C=O) groups is 2. The quantitative estimate of drug-likeness (QED) is 0.637. The zero-order valence-corrected chi connectivity index (χ0v) is 18.4. The van der Waals surface area contributed by atoms with E-state index < -0.39 is 11.3 Å². The van der Waals surface area contributed by atoms with Crippen molar-refractivity contribution in [2.75, 3.05) is 19.7 Å². The van der Waals surface area contributed by atoms with Gasteiger partial charge in [-0.15, -0.1) is 0 Å². The molecule has 0 aliphatic carbocycles. The van der Waals surface area contributed by atoms with Crippen molar-refractivity contribution >= 4 is 22.7 Å². The van der Waals surface area contributed by atoms with Crippen LogP contribution < -0.4 is 10.5 Å². The molecule has 1 aliphatic heterocycles. The van der Waals surface area contributed by atoms with Crippen LogP contribution in [0.25, 0.3) is 10.9 Å². The van der Waals surface area contributed by atoms with Crippen molar-refractivity contribution < 1.29 is 18.7 Å². The number of aromatic nitrogens is 1. The molecule has 0 spiro atoms. The number of hydrogen-bond donors (Lipinski definition) is 1. The standard InChI is InChI=1S/C25H28FN3O3/c1-17-23(20-6-3-4-7-21(20)28(17)2)24(31)29-13-5-12-25(15-29,14-22(27)30)16-32-19-10-8-18(26)9-11-19/h3-4,6-11H,5,12-16H2,1-2H3,(H2,27,30). The van der Waals surface area contributed by atoms with Crippen molar-refractivity contribution in [3.63, 3.8) is 0 Å². The van der Waals surface area contributed by atoms with Gasteiger partial charge in [0.1, 0.15) is 11.6 Å². The number of likely N-dealkylation sites (tertiary alicyclic amines) is 1. The second kappa shape index (κ2) is 8.65. The Kier molecular flexibility index (Phi) is 5.91. The van der Waals surface area contributed by atoms with Crippen LogP contribution in [0.2, 0.25) is 0 Å². The summed E-state index contributed by atoms with van der Waals surface area (Å²) in [5.41, 5.74) is 7.60. The van der Waals surface area contributed by atoms with Crippen LogP contribution in [0, 0.1) is 18.2 Å². The van der Waals surface area contributed by atoms with Crippen LogP contribution in [0.1, 0.15) is 35.3 Å². The van der Waals surface area contributed by atoms with Gasteiger partial charge in [-0.25, -0.2) is 4.39 Å². The van der Waals surface area contributed by atoms with Gasteiger partial charge in [0.2, 0.25) is 5.91 Å². The highest BCUT2D eigenvalue weighted by atomic mass is 19.1. The summed E-state index contributed by atoms with van der Waals surface area (Å²) < 4.78 is 21.2. The fraction of sp³-hybridized carbons (Fsp3) is 0.360. The van der Waals surface area contributed by atoms with E-state index in [0.717, 1.165) is 29.4 Å². The average molecular weight is 438 g/mol. The molecule has 7 heteroatoms. The van der Waals surface area contributed by atoms with Crippen LogP contribution in [0.5, 0.6) is 5.75 Å². The van der Waals surface area contributed by atoms with E-state index in [0.29, 0.717) is 24.4 Å². The Morgan fingerprint density at radius 2 is 1.88 bits per heavy atom. The number of nitrogens with zero attached hydrogens (tertiary/aromatic N) is 2. The Labute approximate surface area is 186 Å². The molecule has 1 aliphatic rings. The second-order valence-electron chi connectivity index (χ2n) is 8.75. The summed E-state index contributed by atoms with van der Waals surface area (Å²) >= 11 is 0. The molecular weight excluding hydrogens is 409 g/mol. The number of fused-ring (bicyclic) bond motifs is 1. The first-order chi connectivity index (χ1) is 15.3. The van der Waals surface area contributed by atoms with E-state index >= 15 is 0 Å². The number of aryl methyl sites for hydroxylation is 1. The lowest BCUT2D eigenvalue weighted by Crippen LogP contribution is -2.50. The summed E-state index contributed by atoms with van der Waals surface area (Å²) in [6.07, 6.45) is 1.58. The molecule has 1 fully saturated rings. The fourth-order valence-electron chi connectivity index (χ4n) is 4.78. The summed E-state index contributed by atoms with van der Waals surface area (Å²) in [4.78, 5) is 27.4. The fourth-order valence-corrected chi connectivity index (χ4v) is 4.78. The van der Waals surface area contributed by atoms with Gasteiger partial charge in [0.15, 0.2) is 0 Å². The topological polar surface area (TPSA) is 77.6 Å². The monoisotopic (exact) mass is 437 g/mol. The molecule has 1 saturated heterocycles. The molecule has 2 N–H and O–H groups in total. The lowest BCUT2D eigenvalue weighted by atomic mass is 9.77. The lowest BCUT2D eigenvalue weighted by molar-refractivity contribution is -0.122. The summed E-state index contributed by atoms with van der Waals surface area (Å²) in [6, 6.07) is 13.6. The molecule has 0 bridgehead atoms. The lowest BCUT2D eigenvalue weighted by Gasteiger charge is -2.42. The molecule has 32 heavy (non-hydrogen) atoms. The number of amides is 2. The molecule has 168 valence electrons. The van der Waals surface area contributed by atoms with Crippen LogP contribution in [0.4, 0.5) is 4.39 Å². The normalized spacial score (nSPS) is 18.7. The molecule has 3 aromatic rings. The van der Waals surface area contributed by atoms with Crippen molar-refractivity contribution in [1.29, 1.82) is 0 Å². The highest BCUT2D eigenvalue weighted by molar-refractivity contribution is 6.08. The zero-order valence-electron chi connectivity index (χ0n) is 18.4. The van der Waals surface area contributed by atoms with Crippen LogP contribution in [-0.4, -0.2) is 41.0 Å². The van der Waals surface area contributed by atoms with Gasteiger partial charge in [-0.1, -0.05) is 18.2 Å². The van der Waals surface area contributed by atoms with Crippen LogP contribution in [0.3, 0.4) is 0 Å². The van der Waals surface area contributed by atoms with E-state index in [4.69, 9.17) is 10.5 Å². The number of halogens is 1. The molecule has 0 radical (unpaired) electrons. The van der Waals surface area contributed by atoms with Crippen molar-refractivity contribution in [1.82, 2.24) is 9.47 Å². The van der Waals surface area contributed by atoms with Gasteiger partial charge in [-0.05, 0) is 50.1 Å². The third kappa shape index (κ3) is 4.20. The maximum atomic E-state index is 13.6. The summed E-state index contributed by atoms with van der Waals surface area (Å²) in [5.74, 6) is -0.300. The van der Waals surface area contributed by atoms with Gasteiger partial charge < -0.3 is 19.9 Å². The van der Waals surface area contributed by atoms with Gasteiger partial charge in [0.05, 0.1) is 12.2 Å². The first-order valence-electron chi connectivity index (χ1n) is 10.8. The SMILES string of the molecule is Cc1c(C(=O)N2CCCC(COc3ccc(F)cc3)(CC(N)=O)C2)c2ccccc2n1C. The Morgan fingerprint density at radius 3 is 2.59 bits per heavy atom. The number of nitrogens with two attached hydrogens (primary N) is 1. The van der Waals surface area contributed by atoms with Gasteiger partial charge in [0, 0.05) is 48.6 Å². The maximum absolute atomic E-state index is 13.6. The number of para-hydroxylation sites is 1. The third-order valence-electron chi connectivity index (χ3n) is 6.47. The van der Waals surface area contributed by atoms with E-state index in [-0.39, 0.29) is 24.8 Å². The summed E-state index contributed by atoms with van der Waals surface area (Å²) in [6.45, 7) is 3.16. The summed E-state index contributed by atoms with van der Waals surface area (Å²) in [5, 5.41) is 0.922. The first-order valence-corrected chi connectivity index (χ1v) is 10.8. The largest absolute Gasteiger partial charge is 0.493 e. The number of primary amides is 1. The van der Waals surface area contributed by atoms with Crippen LogP contribution >= 0.6 is 0 Å². The molecule has 2 amide bonds. The van der Waals surface area contributed by atoms with Crippen molar-refractivity contribution in [3.8, 4) is 5.75 Å². The Balaban J connectivity index is 1.60. The van der Waals surface area contributed by atoms with Gasteiger partial charge in [-0.3, -0.25) is 9.59 Å². The molecular formula is C25H28FN3O3. The number of piperidine rings is 1. The highest BCUT2D eigenvalue weighted by Crippen LogP contribution is 2.36. The van der Waals surface area contributed by atoms with Crippen molar-refractivity contribution in [3.05, 3.63) is 65.6 Å².